The van der Waals surface area contributed by atoms with Crippen molar-refractivity contribution in [2.45, 2.75) is 12.5 Å². The first kappa shape index (κ1) is 16.9. The third kappa shape index (κ3) is 3.59. The number of nitrogens with one attached hydrogen (secondary N) is 1. The molecule has 1 unspecified atom stereocenters. The van der Waals surface area contributed by atoms with Gasteiger partial charge in [-0.1, -0.05) is 30.3 Å². The molecule has 0 fully saturated rings. The van der Waals surface area contributed by atoms with Gasteiger partial charge in [-0.25, -0.2) is 9.18 Å². The first-order valence-electron chi connectivity index (χ1n) is 7.66. The van der Waals surface area contributed by atoms with E-state index in [1.54, 1.807) is 24.3 Å². The SMILES string of the molecule is CC(O)(CNC(=O)c1cc2ccccc2oc1=O)c1ccc(F)cc1. The summed E-state index contributed by atoms with van der Waals surface area (Å²) < 4.78 is 18.1. The summed E-state index contributed by atoms with van der Waals surface area (Å²) in [7, 11) is 0. The predicted octanol–water partition coefficient (Wildman–Crippen LogP) is 2.57. The van der Waals surface area contributed by atoms with Crippen molar-refractivity contribution in [2.24, 2.45) is 0 Å². The van der Waals surface area contributed by atoms with E-state index in [0.29, 0.717) is 16.5 Å². The summed E-state index contributed by atoms with van der Waals surface area (Å²) in [6.45, 7) is 1.34. The second kappa shape index (κ2) is 6.49. The van der Waals surface area contributed by atoms with Crippen LogP contribution < -0.4 is 10.9 Å². The average Bonchev–Trinajstić information content (AvgIpc) is 2.59. The zero-order valence-corrected chi connectivity index (χ0v) is 13.5. The Kier molecular flexibility index (Phi) is 4.37. The van der Waals surface area contributed by atoms with Gasteiger partial charge in [0.1, 0.15) is 22.6 Å². The van der Waals surface area contributed by atoms with Crippen molar-refractivity contribution in [3.05, 3.63) is 82.0 Å². The van der Waals surface area contributed by atoms with Crippen molar-refractivity contribution in [3.63, 3.8) is 0 Å². The van der Waals surface area contributed by atoms with E-state index in [1.807, 2.05) is 0 Å². The highest BCUT2D eigenvalue weighted by molar-refractivity contribution is 5.96. The summed E-state index contributed by atoms with van der Waals surface area (Å²) in [5, 5.41) is 13.6. The molecular weight excluding hydrogens is 325 g/mol. The molecule has 0 radical (unpaired) electrons. The van der Waals surface area contributed by atoms with Crippen molar-refractivity contribution in [1.82, 2.24) is 5.32 Å². The summed E-state index contributed by atoms with van der Waals surface area (Å²) >= 11 is 0. The molecule has 2 N–H and O–H groups in total. The number of rotatable bonds is 4. The van der Waals surface area contributed by atoms with Crippen LogP contribution in [-0.4, -0.2) is 17.6 Å². The zero-order chi connectivity index (χ0) is 18.0. The lowest BCUT2D eigenvalue weighted by molar-refractivity contribution is 0.0525. The highest BCUT2D eigenvalue weighted by atomic mass is 19.1. The smallest absolute Gasteiger partial charge is 0.349 e. The van der Waals surface area contributed by atoms with Crippen LogP contribution in [0, 0.1) is 5.82 Å². The molecule has 1 atom stereocenters. The molecule has 0 aliphatic carbocycles. The summed E-state index contributed by atoms with van der Waals surface area (Å²) in [4.78, 5) is 24.3. The minimum atomic E-state index is -1.42. The van der Waals surface area contributed by atoms with Crippen LogP contribution in [0.25, 0.3) is 11.0 Å². The van der Waals surface area contributed by atoms with Gasteiger partial charge in [0.25, 0.3) is 5.91 Å². The fraction of sp³-hybridized carbons (Fsp3) is 0.158. The van der Waals surface area contributed by atoms with Gasteiger partial charge in [-0.2, -0.15) is 0 Å². The van der Waals surface area contributed by atoms with Crippen LogP contribution in [0.2, 0.25) is 0 Å². The zero-order valence-electron chi connectivity index (χ0n) is 13.5. The lowest BCUT2D eigenvalue weighted by Crippen LogP contribution is -2.39. The van der Waals surface area contributed by atoms with Crippen LogP contribution in [0.4, 0.5) is 4.39 Å². The van der Waals surface area contributed by atoms with E-state index in [4.69, 9.17) is 4.42 Å². The van der Waals surface area contributed by atoms with Gasteiger partial charge in [-0.05, 0) is 36.8 Å². The third-order valence-electron chi connectivity index (χ3n) is 3.95. The molecule has 0 saturated carbocycles. The molecule has 2 aromatic carbocycles. The van der Waals surface area contributed by atoms with Crippen LogP contribution in [0.1, 0.15) is 22.8 Å². The largest absolute Gasteiger partial charge is 0.422 e. The number of amides is 1. The maximum Gasteiger partial charge on any atom is 0.349 e. The van der Waals surface area contributed by atoms with Gasteiger partial charge < -0.3 is 14.8 Å². The summed E-state index contributed by atoms with van der Waals surface area (Å²) in [6.07, 6.45) is 0. The summed E-state index contributed by atoms with van der Waals surface area (Å²) in [5.41, 5.74) is -1.48. The molecule has 3 aromatic rings. The van der Waals surface area contributed by atoms with Crippen LogP contribution in [-0.2, 0) is 5.60 Å². The molecule has 0 aliphatic rings. The van der Waals surface area contributed by atoms with Gasteiger partial charge in [0, 0.05) is 5.39 Å². The number of hydrogen-bond donors (Lipinski definition) is 2. The first-order chi connectivity index (χ1) is 11.9. The Labute approximate surface area is 142 Å². The number of hydrogen-bond acceptors (Lipinski definition) is 4. The molecule has 1 aromatic heterocycles. The second-order valence-electron chi connectivity index (χ2n) is 5.95. The number of carbonyl (C=O) groups excluding carboxylic acids is 1. The number of para-hydroxylation sites is 1. The van der Waals surface area contributed by atoms with Gasteiger partial charge in [0.2, 0.25) is 0 Å². The minimum absolute atomic E-state index is 0.145. The molecule has 0 aliphatic heterocycles. The van der Waals surface area contributed by atoms with E-state index in [-0.39, 0.29) is 12.1 Å². The lowest BCUT2D eigenvalue weighted by Gasteiger charge is -2.24. The van der Waals surface area contributed by atoms with E-state index in [2.05, 4.69) is 5.32 Å². The monoisotopic (exact) mass is 341 g/mol. The fourth-order valence-corrected chi connectivity index (χ4v) is 2.48. The number of halogens is 1. The molecule has 0 saturated heterocycles. The predicted molar refractivity (Wildman–Crippen MR) is 90.8 cm³/mol. The summed E-state index contributed by atoms with van der Waals surface area (Å²) in [5.74, 6) is -1.07. The van der Waals surface area contributed by atoms with Gasteiger partial charge >= 0.3 is 5.63 Å². The van der Waals surface area contributed by atoms with E-state index < -0.39 is 23.0 Å². The number of aliphatic hydroxyl groups is 1. The Morgan fingerprint density at radius 3 is 2.60 bits per heavy atom. The maximum atomic E-state index is 13.0. The number of carbonyl (C=O) groups is 1. The van der Waals surface area contributed by atoms with Crippen molar-refractivity contribution in [1.29, 1.82) is 0 Å². The van der Waals surface area contributed by atoms with Crippen LogP contribution >= 0.6 is 0 Å². The Balaban J connectivity index is 1.79. The quantitative estimate of drug-likeness (QED) is 0.715. The molecular formula is C19H16FNO4. The topological polar surface area (TPSA) is 79.5 Å². The lowest BCUT2D eigenvalue weighted by atomic mass is 9.96. The van der Waals surface area contributed by atoms with E-state index in [9.17, 15) is 19.1 Å². The van der Waals surface area contributed by atoms with E-state index in [0.717, 1.165) is 0 Å². The fourth-order valence-electron chi connectivity index (χ4n) is 2.48. The number of benzene rings is 2. The molecule has 1 amide bonds. The van der Waals surface area contributed by atoms with Crippen LogP contribution in [0.15, 0.2) is 63.8 Å². The van der Waals surface area contributed by atoms with E-state index >= 15 is 0 Å². The molecule has 5 nitrogen and oxygen atoms in total. The van der Waals surface area contributed by atoms with Gasteiger partial charge in [0.15, 0.2) is 0 Å². The van der Waals surface area contributed by atoms with Crippen molar-refractivity contribution >= 4 is 16.9 Å². The molecule has 25 heavy (non-hydrogen) atoms. The molecule has 0 bridgehead atoms. The standard InChI is InChI=1S/C19H16FNO4/c1-19(24,13-6-8-14(20)9-7-13)11-21-17(22)15-10-12-4-2-3-5-16(12)25-18(15)23/h2-10,24H,11H2,1H3,(H,21,22). The highest BCUT2D eigenvalue weighted by Crippen LogP contribution is 2.20. The molecule has 0 spiro atoms. The molecule has 6 heteroatoms. The molecule has 1 heterocycles. The Bertz CT molecular complexity index is 977. The maximum absolute atomic E-state index is 13.0. The van der Waals surface area contributed by atoms with Crippen molar-refractivity contribution in [3.8, 4) is 0 Å². The third-order valence-corrected chi connectivity index (χ3v) is 3.95. The Morgan fingerprint density at radius 2 is 1.88 bits per heavy atom. The first-order valence-corrected chi connectivity index (χ1v) is 7.66. The second-order valence-corrected chi connectivity index (χ2v) is 5.95. The Morgan fingerprint density at radius 1 is 1.20 bits per heavy atom. The Hall–Kier alpha value is -2.99. The number of fused-ring (bicyclic) bond motifs is 1. The normalized spacial score (nSPS) is 13.4. The van der Waals surface area contributed by atoms with Crippen molar-refractivity contribution < 1.29 is 18.7 Å². The highest BCUT2D eigenvalue weighted by Gasteiger charge is 2.25. The minimum Gasteiger partial charge on any atom is -0.422 e. The van der Waals surface area contributed by atoms with Gasteiger partial charge in [-0.15, -0.1) is 0 Å². The average molecular weight is 341 g/mol. The summed E-state index contributed by atoms with van der Waals surface area (Å²) in [6, 6.07) is 13.6. The van der Waals surface area contributed by atoms with Gasteiger partial charge in [0.05, 0.1) is 6.54 Å². The van der Waals surface area contributed by atoms with E-state index in [1.165, 1.54) is 37.3 Å². The van der Waals surface area contributed by atoms with Gasteiger partial charge in [-0.3, -0.25) is 4.79 Å². The van der Waals surface area contributed by atoms with Crippen molar-refractivity contribution in [2.75, 3.05) is 6.54 Å². The molecule has 3 rings (SSSR count). The molecule has 128 valence electrons. The van der Waals surface area contributed by atoms with Crippen LogP contribution in [0.3, 0.4) is 0 Å². The van der Waals surface area contributed by atoms with Crippen LogP contribution in [0.5, 0.6) is 0 Å².